The molecule has 0 radical (unpaired) electrons. The second-order valence-corrected chi connectivity index (χ2v) is 10.4. The van der Waals surface area contributed by atoms with Gasteiger partial charge in [-0.3, -0.25) is 0 Å². The van der Waals surface area contributed by atoms with Crippen LogP contribution in [0.3, 0.4) is 0 Å². The molecule has 3 aromatic rings. The molecule has 2 N–H and O–H groups in total. The third kappa shape index (κ3) is 4.03. The second kappa shape index (κ2) is 7.02. The number of sulfonamides is 1. The molecule has 122 valence electrons. The minimum atomic E-state index is -3.65. The number of rotatable bonds is 6. The van der Waals surface area contributed by atoms with Crippen molar-refractivity contribution in [2.45, 2.75) is 10.3 Å². The Labute approximate surface area is 151 Å². The van der Waals surface area contributed by atoms with Crippen molar-refractivity contribution in [3.05, 3.63) is 51.0 Å². The topological polar surface area (TPSA) is 66.4 Å². The summed E-state index contributed by atoms with van der Waals surface area (Å²) < 4.78 is 27.2. The molecule has 3 aromatic heterocycles. The van der Waals surface area contributed by atoms with E-state index >= 15 is 0 Å². The van der Waals surface area contributed by atoms with Crippen molar-refractivity contribution in [3.63, 3.8) is 0 Å². The fourth-order valence-corrected chi connectivity index (χ4v) is 6.28. The van der Waals surface area contributed by atoms with Gasteiger partial charge in [0.25, 0.3) is 0 Å². The molecule has 23 heavy (non-hydrogen) atoms. The van der Waals surface area contributed by atoms with E-state index in [-0.39, 0.29) is 10.8 Å². The zero-order chi connectivity index (χ0) is 16.4. The van der Waals surface area contributed by atoms with Crippen molar-refractivity contribution in [2.24, 2.45) is 0 Å². The van der Waals surface area contributed by atoms with Gasteiger partial charge in [-0.2, -0.15) is 0 Å². The van der Waals surface area contributed by atoms with E-state index in [0.29, 0.717) is 4.34 Å². The lowest BCUT2D eigenvalue weighted by atomic mass is 10.3. The van der Waals surface area contributed by atoms with Gasteiger partial charge in [-0.05, 0) is 35.7 Å². The Morgan fingerprint density at radius 1 is 1.13 bits per heavy atom. The summed E-state index contributed by atoms with van der Waals surface area (Å²) in [6.45, 7) is -0.0811. The van der Waals surface area contributed by atoms with Crippen LogP contribution in [0.4, 0.5) is 0 Å². The SMILES string of the molecule is O=S(=O)(NCC(O)c1ccc(-c2cccs2)s1)c1ccc(Cl)s1. The van der Waals surface area contributed by atoms with Crippen LogP contribution < -0.4 is 4.72 Å². The van der Waals surface area contributed by atoms with E-state index in [4.69, 9.17) is 11.6 Å². The molecule has 1 atom stereocenters. The highest BCUT2D eigenvalue weighted by atomic mass is 35.5. The molecule has 0 spiro atoms. The van der Waals surface area contributed by atoms with Crippen LogP contribution in [0.25, 0.3) is 9.75 Å². The molecular formula is C14H12ClNO3S4. The number of thiophene rings is 3. The molecule has 3 heterocycles. The van der Waals surface area contributed by atoms with Crippen LogP contribution in [-0.4, -0.2) is 20.1 Å². The predicted molar refractivity (Wildman–Crippen MR) is 97.1 cm³/mol. The van der Waals surface area contributed by atoms with Crippen LogP contribution in [0.2, 0.25) is 4.34 Å². The van der Waals surface area contributed by atoms with Gasteiger partial charge >= 0.3 is 0 Å². The molecule has 0 aliphatic heterocycles. The average Bonchev–Trinajstić information content (AvgIpc) is 3.24. The fourth-order valence-electron chi connectivity index (χ4n) is 1.89. The average molecular weight is 406 g/mol. The van der Waals surface area contributed by atoms with Gasteiger partial charge < -0.3 is 5.11 Å². The van der Waals surface area contributed by atoms with E-state index in [1.54, 1.807) is 11.3 Å². The predicted octanol–water partition coefficient (Wildman–Crippen LogP) is 4.20. The Bertz CT molecular complexity index is 883. The van der Waals surface area contributed by atoms with Gasteiger partial charge in [0, 0.05) is 21.2 Å². The molecule has 1 unspecified atom stereocenters. The van der Waals surface area contributed by atoms with E-state index in [1.807, 2.05) is 29.6 Å². The number of aliphatic hydroxyl groups excluding tert-OH is 1. The van der Waals surface area contributed by atoms with Gasteiger partial charge in [0.15, 0.2) is 0 Å². The minimum absolute atomic E-state index is 0.0811. The van der Waals surface area contributed by atoms with Crippen LogP contribution >= 0.6 is 45.6 Å². The molecule has 0 saturated carbocycles. The molecule has 9 heteroatoms. The summed E-state index contributed by atoms with van der Waals surface area (Å²) in [5.74, 6) is 0. The van der Waals surface area contributed by atoms with Crippen molar-refractivity contribution in [1.82, 2.24) is 4.72 Å². The Balaban J connectivity index is 1.67. The monoisotopic (exact) mass is 405 g/mol. The fraction of sp³-hybridized carbons (Fsp3) is 0.143. The first kappa shape index (κ1) is 17.1. The Morgan fingerprint density at radius 2 is 1.96 bits per heavy atom. The van der Waals surface area contributed by atoms with E-state index in [2.05, 4.69) is 4.72 Å². The van der Waals surface area contributed by atoms with Crippen molar-refractivity contribution in [1.29, 1.82) is 0 Å². The smallest absolute Gasteiger partial charge is 0.250 e. The first-order valence-electron chi connectivity index (χ1n) is 6.52. The Kier molecular flexibility index (Phi) is 5.22. The molecule has 4 nitrogen and oxygen atoms in total. The number of hydrogen-bond acceptors (Lipinski definition) is 6. The van der Waals surface area contributed by atoms with Crippen molar-refractivity contribution in [3.8, 4) is 9.75 Å². The number of hydrogen-bond donors (Lipinski definition) is 2. The third-order valence-electron chi connectivity index (χ3n) is 3.00. The van der Waals surface area contributed by atoms with Crippen LogP contribution in [0.15, 0.2) is 46.0 Å². The van der Waals surface area contributed by atoms with Crippen LogP contribution in [0.5, 0.6) is 0 Å². The quantitative estimate of drug-likeness (QED) is 0.645. The summed E-state index contributed by atoms with van der Waals surface area (Å²) in [5, 5.41) is 12.2. The van der Waals surface area contributed by atoms with Crippen molar-refractivity contribution >= 4 is 55.6 Å². The summed E-state index contributed by atoms with van der Waals surface area (Å²) in [5.41, 5.74) is 0. The number of aliphatic hydroxyl groups is 1. The summed E-state index contributed by atoms with van der Waals surface area (Å²) in [7, 11) is -3.65. The molecular weight excluding hydrogens is 394 g/mol. The van der Waals surface area contributed by atoms with Crippen LogP contribution in [0, 0.1) is 0 Å². The molecule has 0 aromatic carbocycles. The zero-order valence-corrected chi connectivity index (χ0v) is 15.6. The Hall–Kier alpha value is -0.740. The maximum atomic E-state index is 12.1. The third-order valence-corrected chi connectivity index (χ3v) is 8.40. The van der Waals surface area contributed by atoms with Gasteiger partial charge in [-0.15, -0.1) is 34.0 Å². The van der Waals surface area contributed by atoms with Gasteiger partial charge in [0.05, 0.1) is 4.34 Å². The number of halogens is 1. The van der Waals surface area contributed by atoms with Crippen LogP contribution in [-0.2, 0) is 10.0 Å². The largest absolute Gasteiger partial charge is 0.386 e. The maximum absolute atomic E-state index is 12.1. The summed E-state index contributed by atoms with van der Waals surface area (Å²) in [6.07, 6.45) is -0.890. The lowest BCUT2D eigenvalue weighted by Gasteiger charge is -2.09. The molecule has 0 fully saturated rings. The van der Waals surface area contributed by atoms with Gasteiger partial charge in [-0.1, -0.05) is 17.7 Å². The first-order valence-corrected chi connectivity index (χ1v) is 10.9. The van der Waals surface area contributed by atoms with Crippen molar-refractivity contribution in [2.75, 3.05) is 6.54 Å². The first-order chi connectivity index (χ1) is 11.0. The minimum Gasteiger partial charge on any atom is -0.386 e. The van der Waals surface area contributed by atoms with Gasteiger partial charge in [0.2, 0.25) is 10.0 Å². The standard InChI is InChI=1S/C14H12ClNO3S4/c15-13-5-6-14(22-13)23(18,19)16-8-9(17)10-3-4-12(21-10)11-2-1-7-20-11/h1-7,9,16-17H,8H2. The van der Waals surface area contributed by atoms with Gasteiger partial charge in [-0.25, -0.2) is 13.1 Å². The maximum Gasteiger partial charge on any atom is 0.250 e. The number of nitrogens with one attached hydrogen (secondary N) is 1. The van der Waals surface area contributed by atoms with E-state index < -0.39 is 16.1 Å². The molecule has 3 rings (SSSR count). The molecule has 0 aliphatic carbocycles. The van der Waals surface area contributed by atoms with E-state index in [0.717, 1.165) is 26.0 Å². The summed E-state index contributed by atoms with van der Waals surface area (Å²) >= 11 is 9.82. The summed E-state index contributed by atoms with van der Waals surface area (Å²) in [4.78, 5) is 2.91. The highest BCUT2D eigenvalue weighted by Crippen LogP contribution is 2.34. The van der Waals surface area contributed by atoms with Crippen LogP contribution in [0.1, 0.15) is 11.0 Å². The van der Waals surface area contributed by atoms with E-state index in [1.165, 1.54) is 23.5 Å². The molecule has 0 aliphatic rings. The lowest BCUT2D eigenvalue weighted by molar-refractivity contribution is 0.186. The summed E-state index contributed by atoms with van der Waals surface area (Å²) in [6, 6.07) is 10.7. The molecule has 0 amide bonds. The second-order valence-electron chi connectivity index (χ2n) is 4.61. The van der Waals surface area contributed by atoms with Gasteiger partial charge in [0.1, 0.15) is 10.3 Å². The zero-order valence-electron chi connectivity index (χ0n) is 11.6. The molecule has 0 saturated heterocycles. The highest BCUT2D eigenvalue weighted by Gasteiger charge is 2.19. The normalized spacial score (nSPS) is 13.3. The van der Waals surface area contributed by atoms with E-state index in [9.17, 15) is 13.5 Å². The highest BCUT2D eigenvalue weighted by molar-refractivity contribution is 7.91. The Morgan fingerprint density at radius 3 is 2.61 bits per heavy atom. The lowest BCUT2D eigenvalue weighted by Crippen LogP contribution is -2.27. The molecule has 0 bridgehead atoms. The van der Waals surface area contributed by atoms with Crippen molar-refractivity contribution < 1.29 is 13.5 Å².